The van der Waals surface area contributed by atoms with Crippen LogP contribution in [0.15, 0.2) is 41.2 Å². The topological polar surface area (TPSA) is 44.9 Å². The van der Waals surface area contributed by atoms with Gasteiger partial charge in [-0.1, -0.05) is 39.0 Å². The van der Waals surface area contributed by atoms with E-state index in [1.807, 2.05) is 0 Å². The zero-order chi connectivity index (χ0) is 18.5. The number of thiophene rings is 1. The summed E-state index contributed by atoms with van der Waals surface area (Å²) in [5.74, 6) is 0.813. The molecule has 0 aliphatic heterocycles. The van der Waals surface area contributed by atoms with Gasteiger partial charge < -0.3 is 10.3 Å². The van der Waals surface area contributed by atoms with Gasteiger partial charge in [0.15, 0.2) is 0 Å². The number of amides is 1. The number of aryl methyl sites for hydroxylation is 1. The molecule has 0 aliphatic rings. The molecule has 3 rings (SSSR count). The summed E-state index contributed by atoms with van der Waals surface area (Å²) in [6, 6.07) is 8.59. The molecule has 0 saturated carbocycles. The quantitative estimate of drug-likeness (QED) is 0.543. The number of fused-ring (bicyclic) bond motifs is 1. The summed E-state index contributed by atoms with van der Waals surface area (Å²) in [6.07, 6.45) is 4.59. The standard InChI is InChI=1S/C22H28N2OS/c1-4-16-6-5-7-18-20(13-24-22(16)18)19(17-9-11-26-14-17)12-21(25)23-10-8-15(2)3/h5-7,9,11,13-15,19,24H,4,8,10,12H2,1-3H3,(H,23,25). The van der Waals surface area contributed by atoms with Crippen LogP contribution in [0.1, 0.15) is 56.2 Å². The highest BCUT2D eigenvalue weighted by atomic mass is 32.1. The number of para-hydroxylation sites is 1. The van der Waals surface area contributed by atoms with E-state index in [0.29, 0.717) is 12.3 Å². The fourth-order valence-corrected chi connectivity index (χ4v) is 4.17. The van der Waals surface area contributed by atoms with Crippen LogP contribution in [0, 0.1) is 5.92 Å². The van der Waals surface area contributed by atoms with E-state index in [1.165, 1.54) is 27.6 Å². The maximum Gasteiger partial charge on any atom is 0.220 e. The van der Waals surface area contributed by atoms with Crippen LogP contribution in [0.2, 0.25) is 0 Å². The van der Waals surface area contributed by atoms with E-state index in [0.717, 1.165) is 19.4 Å². The largest absolute Gasteiger partial charge is 0.361 e. The summed E-state index contributed by atoms with van der Waals surface area (Å²) in [5, 5.41) is 8.58. The first kappa shape index (κ1) is 18.7. The van der Waals surface area contributed by atoms with Gasteiger partial charge in [-0.3, -0.25) is 4.79 Å². The van der Waals surface area contributed by atoms with E-state index in [1.54, 1.807) is 11.3 Å². The zero-order valence-electron chi connectivity index (χ0n) is 15.8. The van der Waals surface area contributed by atoms with Crippen LogP contribution in [0.5, 0.6) is 0 Å². The molecule has 2 aromatic heterocycles. The fraction of sp³-hybridized carbons (Fsp3) is 0.409. The number of aromatic nitrogens is 1. The van der Waals surface area contributed by atoms with E-state index >= 15 is 0 Å². The lowest BCUT2D eigenvalue weighted by atomic mass is 9.89. The van der Waals surface area contributed by atoms with Crippen molar-refractivity contribution in [3.05, 3.63) is 57.9 Å². The first-order valence-electron chi connectivity index (χ1n) is 9.47. The van der Waals surface area contributed by atoms with E-state index in [2.05, 4.69) is 72.3 Å². The molecule has 3 aromatic rings. The predicted molar refractivity (Wildman–Crippen MR) is 111 cm³/mol. The van der Waals surface area contributed by atoms with Crippen LogP contribution < -0.4 is 5.32 Å². The normalized spacial score (nSPS) is 12.6. The van der Waals surface area contributed by atoms with Crippen LogP contribution in [0.25, 0.3) is 10.9 Å². The summed E-state index contributed by atoms with van der Waals surface area (Å²) < 4.78 is 0. The maximum absolute atomic E-state index is 12.6. The van der Waals surface area contributed by atoms with Crippen LogP contribution in [0.4, 0.5) is 0 Å². The van der Waals surface area contributed by atoms with Gasteiger partial charge in [0.2, 0.25) is 5.91 Å². The second kappa shape index (κ2) is 8.54. The van der Waals surface area contributed by atoms with Gasteiger partial charge in [0, 0.05) is 36.0 Å². The molecule has 0 bridgehead atoms. The summed E-state index contributed by atoms with van der Waals surface area (Å²) in [6.45, 7) is 7.28. The molecule has 0 fully saturated rings. The average Bonchev–Trinajstić information content (AvgIpc) is 3.29. The third-order valence-corrected chi connectivity index (χ3v) is 5.67. The molecule has 0 radical (unpaired) electrons. The minimum absolute atomic E-state index is 0.0844. The Morgan fingerprint density at radius 2 is 2.12 bits per heavy atom. The highest BCUT2D eigenvalue weighted by molar-refractivity contribution is 7.08. The number of carbonyl (C=O) groups is 1. The maximum atomic E-state index is 12.6. The first-order chi connectivity index (χ1) is 12.6. The minimum Gasteiger partial charge on any atom is -0.361 e. The van der Waals surface area contributed by atoms with Gasteiger partial charge in [-0.05, 0) is 52.3 Å². The molecule has 0 spiro atoms. The first-order valence-corrected chi connectivity index (χ1v) is 10.4. The average molecular weight is 369 g/mol. The van der Waals surface area contributed by atoms with Crippen molar-refractivity contribution in [2.24, 2.45) is 5.92 Å². The van der Waals surface area contributed by atoms with Gasteiger partial charge in [0.05, 0.1) is 0 Å². The van der Waals surface area contributed by atoms with Gasteiger partial charge in [-0.25, -0.2) is 0 Å². The lowest BCUT2D eigenvalue weighted by Crippen LogP contribution is -2.27. The van der Waals surface area contributed by atoms with Crippen LogP contribution in [-0.2, 0) is 11.2 Å². The van der Waals surface area contributed by atoms with Crippen molar-refractivity contribution in [3.8, 4) is 0 Å². The van der Waals surface area contributed by atoms with Crippen molar-refractivity contribution in [2.45, 2.75) is 46.0 Å². The molecule has 0 aliphatic carbocycles. The van der Waals surface area contributed by atoms with E-state index in [4.69, 9.17) is 0 Å². The molecular weight excluding hydrogens is 340 g/mol. The minimum atomic E-state index is 0.0844. The van der Waals surface area contributed by atoms with Crippen molar-refractivity contribution in [3.63, 3.8) is 0 Å². The number of H-pyrrole nitrogens is 1. The van der Waals surface area contributed by atoms with Gasteiger partial charge in [-0.2, -0.15) is 11.3 Å². The Bertz CT molecular complexity index is 848. The third-order valence-electron chi connectivity index (χ3n) is 4.97. The number of nitrogens with one attached hydrogen (secondary N) is 2. The molecule has 2 heterocycles. The molecule has 1 atom stereocenters. The molecule has 26 heavy (non-hydrogen) atoms. The molecule has 4 heteroatoms. The Labute approximate surface area is 159 Å². The smallest absolute Gasteiger partial charge is 0.220 e. The Kier molecular flexibility index (Phi) is 6.15. The highest BCUT2D eigenvalue weighted by Gasteiger charge is 2.22. The molecule has 1 unspecified atom stereocenters. The predicted octanol–water partition coefficient (Wildman–Crippen LogP) is 5.48. The SMILES string of the molecule is CCc1cccc2c(C(CC(=O)NCCC(C)C)c3ccsc3)c[nH]c12. The summed E-state index contributed by atoms with van der Waals surface area (Å²) >= 11 is 1.69. The van der Waals surface area contributed by atoms with E-state index in [9.17, 15) is 4.79 Å². The van der Waals surface area contributed by atoms with Crippen molar-refractivity contribution >= 4 is 28.1 Å². The van der Waals surface area contributed by atoms with Crippen molar-refractivity contribution < 1.29 is 4.79 Å². The lowest BCUT2D eigenvalue weighted by Gasteiger charge is -2.16. The van der Waals surface area contributed by atoms with Gasteiger partial charge in [0.25, 0.3) is 0 Å². The van der Waals surface area contributed by atoms with E-state index < -0.39 is 0 Å². The number of hydrogen-bond acceptors (Lipinski definition) is 2. The number of rotatable bonds is 8. The Morgan fingerprint density at radius 3 is 2.81 bits per heavy atom. The molecule has 1 amide bonds. The molecule has 2 N–H and O–H groups in total. The Morgan fingerprint density at radius 1 is 1.27 bits per heavy atom. The van der Waals surface area contributed by atoms with Crippen molar-refractivity contribution in [1.82, 2.24) is 10.3 Å². The second-order valence-corrected chi connectivity index (χ2v) is 8.06. The van der Waals surface area contributed by atoms with Gasteiger partial charge in [0.1, 0.15) is 0 Å². The summed E-state index contributed by atoms with van der Waals surface area (Å²) in [4.78, 5) is 16.0. The Balaban J connectivity index is 1.87. The monoisotopic (exact) mass is 368 g/mol. The van der Waals surface area contributed by atoms with Crippen LogP contribution >= 0.6 is 11.3 Å². The number of hydrogen-bond donors (Lipinski definition) is 2. The van der Waals surface area contributed by atoms with Crippen LogP contribution in [-0.4, -0.2) is 17.4 Å². The number of benzene rings is 1. The van der Waals surface area contributed by atoms with Crippen LogP contribution in [0.3, 0.4) is 0 Å². The lowest BCUT2D eigenvalue weighted by molar-refractivity contribution is -0.121. The fourth-order valence-electron chi connectivity index (χ4n) is 3.46. The van der Waals surface area contributed by atoms with Crippen molar-refractivity contribution in [2.75, 3.05) is 6.54 Å². The summed E-state index contributed by atoms with van der Waals surface area (Å²) in [7, 11) is 0. The molecule has 1 aromatic carbocycles. The number of carbonyl (C=O) groups excluding carboxylic acids is 1. The third kappa shape index (κ3) is 4.18. The second-order valence-electron chi connectivity index (χ2n) is 7.28. The highest BCUT2D eigenvalue weighted by Crippen LogP contribution is 2.35. The molecule has 138 valence electrons. The molecular formula is C22H28N2OS. The van der Waals surface area contributed by atoms with Crippen molar-refractivity contribution in [1.29, 1.82) is 0 Å². The molecule has 3 nitrogen and oxygen atoms in total. The number of aromatic amines is 1. The molecule has 0 saturated heterocycles. The van der Waals surface area contributed by atoms with E-state index in [-0.39, 0.29) is 11.8 Å². The summed E-state index contributed by atoms with van der Waals surface area (Å²) in [5.41, 5.74) is 4.95. The van der Waals surface area contributed by atoms with Gasteiger partial charge in [-0.15, -0.1) is 0 Å². The Hall–Kier alpha value is -2.07. The zero-order valence-corrected chi connectivity index (χ0v) is 16.7. The van der Waals surface area contributed by atoms with Gasteiger partial charge >= 0.3 is 0 Å².